The second-order valence-corrected chi connectivity index (χ2v) is 10.5. The van der Waals surface area contributed by atoms with E-state index in [1.165, 1.54) is 25.1 Å². The number of benzene rings is 2. The number of Topliss-reactive ketones (excluding diaryl/α,β-unsaturated/α-hetero) is 4. The van der Waals surface area contributed by atoms with Crippen molar-refractivity contribution in [3.8, 4) is 22.9 Å². The lowest BCUT2D eigenvalue weighted by molar-refractivity contribution is -0.181. The number of primary amides is 1. The van der Waals surface area contributed by atoms with Gasteiger partial charge in [-0.15, -0.1) is 0 Å². The van der Waals surface area contributed by atoms with Gasteiger partial charge in [0, 0.05) is 5.92 Å². The third-order valence-electron chi connectivity index (χ3n) is 8.27. The zero-order valence-corrected chi connectivity index (χ0v) is 20.7. The Bertz CT molecular complexity index is 1470. The SMILES string of the molecule is CN(C)C1C(=O)C(C(N)=O)C(=O)C2(O)C(=O)C3C(=O)c4c(O)ccc(-c5ccc(C#N)cc5)c4CC3CC12. The predicted molar refractivity (Wildman–Crippen MR) is 132 cm³/mol. The van der Waals surface area contributed by atoms with Gasteiger partial charge in [0.25, 0.3) is 0 Å². The van der Waals surface area contributed by atoms with Gasteiger partial charge in [-0.25, -0.2) is 0 Å². The minimum absolute atomic E-state index is 0.0215. The number of ketones is 4. The summed E-state index contributed by atoms with van der Waals surface area (Å²) in [4.78, 5) is 67.6. The molecule has 2 aromatic carbocycles. The average Bonchev–Trinajstić information content (AvgIpc) is 2.86. The first-order valence-corrected chi connectivity index (χ1v) is 12.1. The fourth-order valence-electron chi connectivity index (χ4n) is 6.60. The van der Waals surface area contributed by atoms with Crippen LogP contribution in [0.4, 0.5) is 0 Å². The van der Waals surface area contributed by atoms with Crippen molar-refractivity contribution in [3.63, 3.8) is 0 Å². The first kappa shape index (κ1) is 25.4. The highest BCUT2D eigenvalue weighted by Crippen LogP contribution is 2.51. The van der Waals surface area contributed by atoms with E-state index in [4.69, 9.17) is 11.0 Å². The number of aliphatic hydroxyl groups is 1. The summed E-state index contributed by atoms with van der Waals surface area (Å²) < 4.78 is 0. The van der Waals surface area contributed by atoms with E-state index in [0.717, 1.165) is 0 Å². The van der Waals surface area contributed by atoms with Gasteiger partial charge < -0.3 is 15.9 Å². The van der Waals surface area contributed by atoms with E-state index in [1.54, 1.807) is 30.3 Å². The van der Waals surface area contributed by atoms with E-state index in [2.05, 4.69) is 0 Å². The number of phenolic OH excluding ortho intramolecular Hbond substituents is 1. The van der Waals surface area contributed by atoms with Gasteiger partial charge in [0.05, 0.1) is 29.2 Å². The van der Waals surface area contributed by atoms with Crippen molar-refractivity contribution in [3.05, 3.63) is 53.1 Å². The number of nitrogens with two attached hydrogens (primary N) is 1. The molecule has 0 heterocycles. The van der Waals surface area contributed by atoms with Crippen LogP contribution < -0.4 is 5.73 Å². The number of nitrogens with zero attached hydrogens (tertiary/aromatic N) is 2. The van der Waals surface area contributed by atoms with Gasteiger partial charge >= 0.3 is 0 Å². The van der Waals surface area contributed by atoms with Gasteiger partial charge in [0.2, 0.25) is 5.91 Å². The van der Waals surface area contributed by atoms with Crippen molar-refractivity contribution in [2.75, 3.05) is 14.1 Å². The molecule has 0 spiro atoms. The van der Waals surface area contributed by atoms with Crippen molar-refractivity contribution in [1.82, 2.24) is 4.90 Å². The molecule has 0 saturated heterocycles. The van der Waals surface area contributed by atoms with Crippen LogP contribution in [0, 0.1) is 35.0 Å². The first-order valence-electron chi connectivity index (χ1n) is 12.1. The van der Waals surface area contributed by atoms with E-state index in [-0.39, 0.29) is 24.2 Å². The Labute approximate surface area is 217 Å². The monoisotopic (exact) mass is 515 g/mol. The Morgan fingerprint density at radius 1 is 1.08 bits per heavy atom. The Morgan fingerprint density at radius 2 is 1.74 bits per heavy atom. The van der Waals surface area contributed by atoms with Gasteiger partial charge in [0.1, 0.15) is 5.75 Å². The van der Waals surface area contributed by atoms with Crippen LogP contribution in [0.1, 0.15) is 27.9 Å². The lowest BCUT2D eigenvalue weighted by Crippen LogP contribution is -2.74. The molecule has 0 aliphatic heterocycles. The molecule has 5 rings (SSSR count). The van der Waals surface area contributed by atoms with E-state index in [9.17, 15) is 34.2 Å². The highest BCUT2D eigenvalue weighted by atomic mass is 16.3. The van der Waals surface area contributed by atoms with Crippen molar-refractivity contribution < 1.29 is 34.2 Å². The molecule has 0 aromatic heterocycles. The first-order chi connectivity index (χ1) is 17.9. The van der Waals surface area contributed by atoms with Crippen molar-refractivity contribution in [1.29, 1.82) is 5.26 Å². The summed E-state index contributed by atoms with van der Waals surface area (Å²) >= 11 is 0. The van der Waals surface area contributed by atoms with Crippen molar-refractivity contribution in [2.45, 2.75) is 24.5 Å². The Balaban J connectivity index is 1.65. The van der Waals surface area contributed by atoms with Crippen LogP contribution in [0.5, 0.6) is 5.75 Å². The van der Waals surface area contributed by atoms with Gasteiger partial charge in [-0.2, -0.15) is 5.26 Å². The highest BCUT2D eigenvalue weighted by Gasteiger charge is 2.69. The fraction of sp³-hybridized carbons (Fsp3) is 0.357. The highest BCUT2D eigenvalue weighted by molar-refractivity contribution is 6.32. The largest absolute Gasteiger partial charge is 0.507 e. The number of amides is 1. The van der Waals surface area contributed by atoms with Crippen molar-refractivity contribution in [2.24, 2.45) is 29.4 Å². The lowest BCUT2D eigenvalue weighted by Gasteiger charge is -2.52. The summed E-state index contributed by atoms with van der Waals surface area (Å²) in [6, 6.07) is 10.6. The molecular weight excluding hydrogens is 490 g/mol. The maximum atomic E-state index is 13.8. The number of nitriles is 1. The smallest absolute Gasteiger partial charge is 0.235 e. The normalized spacial score (nSPS) is 30.3. The summed E-state index contributed by atoms with van der Waals surface area (Å²) in [5.74, 6) is -10.8. The fourth-order valence-corrected chi connectivity index (χ4v) is 6.60. The second kappa shape index (κ2) is 8.68. The number of hydrogen-bond donors (Lipinski definition) is 3. The molecule has 10 heteroatoms. The predicted octanol–water partition coefficient (Wildman–Crippen LogP) is 0.406. The molecule has 2 aromatic rings. The van der Waals surface area contributed by atoms with E-state index >= 15 is 0 Å². The van der Waals surface area contributed by atoms with Crippen molar-refractivity contribution >= 4 is 29.0 Å². The zero-order chi connectivity index (χ0) is 27.7. The standard InChI is InChI=1S/C28H25N3O7/c1-31(2)22-17-10-14-9-16-15(13-5-3-12(11-29)4-6-13)7-8-18(32)20(16)23(33)19(14)25(35)28(17,38)26(36)21(24(22)34)27(30)37/h3-8,14,17,19,21-22,32,38H,9-10H2,1-2H3,(H2,30,37). The number of rotatable bonds is 3. The minimum atomic E-state index is -2.75. The summed E-state index contributed by atoms with van der Waals surface area (Å²) in [5, 5.41) is 31.4. The van der Waals surface area contributed by atoms with Gasteiger partial charge in [0.15, 0.2) is 34.7 Å². The number of likely N-dealkylation sites (N-methyl/N-ethyl adjacent to an activating group) is 1. The number of hydrogen-bond acceptors (Lipinski definition) is 9. The summed E-state index contributed by atoms with van der Waals surface area (Å²) in [5.41, 5.74) is 4.79. The number of carbonyl (C=O) groups excluding carboxylic acids is 5. The van der Waals surface area contributed by atoms with E-state index < -0.39 is 64.4 Å². The molecule has 6 unspecified atom stereocenters. The van der Waals surface area contributed by atoms with Crippen LogP contribution in [-0.4, -0.2) is 69.9 Å². The van der Waals surface area contributed by atoms with E-state index in [0.29, 0.717) is 22.3 Å². The third-order valence-corrected chi connectivity index (χ3v) is 8.27. The second-order valence-electron chi connectivity index (χ2n) is 10.5. The van der Waals surface area contributed by atoms with Crippen LogP contribution in [0.2, 0.25) is 0 Å². The minimum Gasteiger partial charge on any atom is -0.507 e. The van der Waals surface area contributed by atoms with Crippen LogP contribution in [0.25, 0.3) is 11.1 Å². The quantitative estimate of drug-likeness (QED) is 0.488. The molecule has 6 atom stereocenters. The topological polar surface area (TPSA) is 179 Å². The van der Waals surface area contributed by atoms with Gasteiger partial charge in [-0.05, 0) is 67.7 Å². The average molecular weight is 516 g/mol. The summed E-state index contributed by atoms with van der Waals surface area (Å²) in [6.07, 6.45) is 0.141. The zero-order valence-electron chi connectivity index (χ0n) is 20.7. The molecule has 10 nitrogen and oxygen atoms in total. The number of phenols is 1. The molecule has 2 fully saturated rings. The molecule has 4 N–H and O–H groups in total. The van der Waals surface area contributed by atoms with E-state index in [1.807, 2.05) is 6.07 Å². The Morgan fingerprint density at radius 3 is 2.32 bits per heavy atom. The Kier molecular flexibility index (Phi) is 5.82. The molecule has 3 aliphatic carbocycles. The van der Waals surface area contributed by atoms with Crippen LogP contribution in [0.15, 0.2) is 36.4 Å². The molecule has 0 radical (unpaired) electrons. The maximum absolute atomic E-state index is 13.8. The number of aromatic hydroxyl groups is 1. The van der Waals surface area contributed by atoms with Gasteiger partial charge in [-0.3, -0.25) is 28.9 Å². The number of carbonyl (C=O) groups is 5. The summed E-state index contributed by atoms with van der Waals surface area (Å²) in [7, 11) is 3.07. The Hall–Kier alpha value is -4.20. The molecule has 38 heavy (non-hydrogen) atoms. The molecule has 194 valence electrons. The molecular formula is C28H25N3O7. The van der Waals surface area contributed by atoms with Crippen LogP contribution >= 0.6 is 0 Å². The number of fused-ring (bicyclic) bond motifs is 3. The third kappa shape index (κ3) is 3.36. The van der Waals surface area contributed by atoms with Crippen LogP contribution in [0.3, 0.4) is 0 Å². The lowest BCUT2D eigenvalue weighted by atomic mass is 9.52. The molecule has 2 saturated carbocycles. The summed E-state index contributed by atoms with van der Waals surface area (Å²) in [6.45, 7) is 0. The molecule has 3 aliphatic rings. The maximum Gasteiger partial charge on any atom is 0.235 e. The van der Waals surface area contributed by atoms with Crippen LogP contribution in [-0.2, 0) is 25.6 Å². The van der Waals surface area contributed by atoms with Gasteiger partial charge in [-0.1, -0.05) is 18.2 Å². The molecule has 0 bridgehead atoms. The molecule has 1 amide bonds.